The van der Waals surface area contributed by atoms with Gasteiger partial charge in [-0.2, -0.15) is 5.10 Å². The van der Waals surface area contributed by atoms with Crippen LogP contribution in [0.4, 0.5) is 0 Å². The van der Waals surface area contributed by atoms with E-state index < -0.39 is 0 Å². The molecule has 100 valence electrons. The molecule has 0 unspecified atom stereocenters. The maximum atomic E-state index is 12.3. The minimum Gasteiger partial charge on any atom is -0.340 e. The lowest BCUT2D eigenvalue weighted by molar-refractivity contribution is -0.137. The molecule has 1 saturated heterocycles. The minimum atomic E-state index is 0.143. The summed E-state index contributed by atoms with van der Waals surface area (Å²) in [5.74, 6) is 0.436. The minimum absolute atomic E-state index is 0.143. The number of rotatable bonds is 4. The van der Waals surface area contributed by atoms with Gasteiger partial charge in [0.1, 0.15) is 12.7 Å². The average molecular weight is 250 g/mol. The number of hydrogen-bond acceptors (Lipinski definition) is 3. The number of carbonyl (C=O) groups excluding carboxylic acids is 1. The average Bonchev–Trinajstić information content (AvgIpc) is 2.92. The Hall–Kier alpha value is -1.39. The molecule has 1 amide bonds. The van der Waals surface area contributed by atoms with E-state index in [9.17, 15) is 4.79 Å². The highest BCUT2D eigenvalue weighted by atomic mass is 16.2. The van der Waals surface area contributed by atoms with E-state index in [1.165, 1.54) is 0 Å². The molecule has 1 aromatic rings. The van der Waals surface area contributed by atoms with Gasteiger partial charge in [0.25, 0.3) is 0 Å². The lowest BCUT2D eigenvalue weighted by Crippen LogP contribution is -2.43. The molecule has 18 heavy (non-hydrogen) atoms. The van der Waals surface area contributed by atoms with Crippen LogP contribution in [0.3, 0.4) is 0 Å². The van der Waals surface area contributed by atoms with Gasteiger partial charge in [-0.1, -0.05) is 20.3 Å². The van der Waals surface area contributed by atoms with E-state index in [0.717, 1.165) is 38.8 Å². The van der Waals surface area contributed by atoms with Crippen molar-refractivity contribution in [3.63, 3.8) is 0 Å². The van der Waals surface area contributed by atoms with Crippen molar-refractivity contribution in [3.8, 4) is 0 Å². The highest BCUT2D eigenvalue weighted by Gasteiger charge is 2.27. The Bertz CT molecular complexity index is 376. The van der Waals surface area contributed by atoms with Crippen LogP contribution in [0.2, 0.25) is 0 Å². The van der Waals surface area contributed by atoms with Crippen molar-refractivity contribution < 1.29 is 4.79 Å². The number of piperidine rings is 1. The monoisotopic (exact) mass is 250 g/mol. The van der Waals surface area contributed by atoms with Gasteiger partial charge in [0.15, 0.2) is 0 Å². The first-order valence-corrected chi connectivity index (χ1v) is 6.85. The lowest BCUT2D eigenvalue weighted by atomic mass is 10.0. The van der Waals surface area contributed by atoms with E-state index in [4.69, 9.17) is 0 Å². The predicted octanol–water partition coefficient (Wildman–Crippen LogP) is 1.88. The van der Waals surface area contributed by atoms with E-state index in [2.05, 4.69) is 17.0 Å². The SMILES string of the molecule is CCC[C@@H](C)C(=O)N1CCC[C@H](n2cncn2)C1. The summed E-state index contributed by atoms with van der Waals surface area (Å²) in [6.45, 7) is 5.82. The van der Waals surface area contributed by atoms with Gasteiger partial charge in [-0.3, -0.25) is 4.79 Å². The number of aromatic nitrogens is 3. The second-order valence-electron chi connectivity index (χ2n) is 5.15. The van der Waals surface area contributed by atoms with Gasteiger partial charge in [0, 0.05) is 19.0 Å². The van der Waals surface area contributed by atoms with Crippen LogP contribution in [0.15, 0.2) is 12.7 Å². The van der Waals surface area contributed by atoms with Crippen LogP contribution < -0.4 is 0 Å². The first kappa shape index (κ1) is 13.1. The molecular weight excluding hydrogens is 228 g/mol. The molecule has 0 bridgehead atoms. The van der Waals surface area contributed by atoms with Crippen molar-refractivity contribution in [1.29, 1.82) is 0 Å². The van der Waals surface area contributed by atoms with Crippen LogP contribution in [0.25, 0.3) is 0 Å². The molecule has 1 aliphatic rings. The van der Waals surface area contributed by atoms with Gasteiger partial charge in [-0.05, 0) is 19.3 Å². The first-order valence-electron chi connectivity index (χ1n) is 6.85. The van der Waals surface area contributed by atoms with Gasteiger partial charge >= 0.3 is 0 Å². The molecule has 5 heteroatoms. The Morgan fingerprint density at radius 1 is 1.56 bits per heavy atom. The summed E-state index contributed by atoms with van der Waals surface area (Å²) in [6.07, 6.45) is 7.47. The zero-order chi connectivity index (χ0) is 13.0. The highest BCUT2D eigenvalue weighted by molar-refractivity contribution is 5.78. The molecule has 0 radical (unpaired) electrons. The van der Waals surface area contributed by atoms with Gasteiger partial charge in [0.05, 0.1) is 6.04 Å². The Labute approximate surface area is 108 Å². The molecule has 0 saturated carbocycles. The summed E-state index contributed by atoms with van der Waals surface area (Å²) in [4.78, 5) is 18.3. The number of nitrogens with zero attached hydrogens (tertiary/aromatic N) is 4. The lowest BCUT2D eigenvalue weighted by Gasteiger charge is -2.34. The molecule has 1 aliphatic heterocycles. The van der Waals surface area contributed by atoms with E-state index in [-0.39, 0.29) is 5.92 Å². The molecule has 0 N–H and O–H groups in total. The second-order valence-corrected chi connectivity index (χ2v) is 5.15. The van der Waals surface area contributed by atoms with E-state index in [0.29, 0.717) is 11.9 Å². The molecule has 1 fully saturated rings. The third-order valence-corrected chi connectivity index (χ3v) is 3.66. The van der Waals surface area contributed by atoms with Crippen molar-refractivity contribution in [1.82, 2.24) is 19.7 Å². The topological polar surface area (TPSA) is 51.0 Å². The summed E-state index contributed by atoms with van der Waals surface area (Å²) in [5.41, 5.74) is 0. The first-order chi connectivity index (χ1) is 8.72. The fourth-order valence-corrected chi connectivity index (χ4v) is 2.64. The molecule has 0 spiro atoms. The Morgan fingerprint density at radius 2 is 2.39 bits per heavy atom. The molecule has 2 atom stereocenters. The summed E-state index contributed by atoms with van der Waals surface area (Å²) in [5, 5.41) is 4.18. The van der Waals surface area contributed by atoms with Crippen LogP contribution in [0, 0.1) is 5.92 Å². The van der Waals surface area contributed by atoms with Gasteiger partial charge in [-0.15, -0.1) is 0 Å². The third kappa shape index (κ3) is 2.89. The third-order valence-electron chi connectivity index (χ3n) is 3.66. The molecule has 0 aliphatic carbocycles. The maximum absolute atomic E-state index is 12.3. The fraction of sp³-hybridized carbons (Fsp3) is 0.769. The van der Waals surface area contributed by atoms with E-state index in [1.54, 1.807) is 12.7 Å². The standard InChI is InChI=1S/C13H22N4O/c1-3-5-11(2)13(18)16-7-4-6-12(8-16)17-10-14-9-15-17/h9-12H,3-8H2,1-2H3/t11-,12+/m1/s1. The van der Waals surface area contributed by atoms with Gasteiger partial charge in [-0.25, -0.2) is 9.67 Å². The van der Waals surface area contributed by atoms with Crippen molar-refractivity contribution in [3.05, 3.63) is 12.7 Å². The molecule has 2 heterocycles. The number of likely N-dealkylation sites (tertiary alicyclic amines) is 1. The molecular formula is C13H22N4O. The van der Waals surface area contributed by atoms with Crippen LogP contribution in [-0.2, 0) is 4.79 Å². The normalized spacial score (nSPS) is 21.9. The summed E-state index contributed by atoms with van der Waals surface area (Å²) in [7, 11) is 0. The number of hydrogen-bond donors (Lipinski definition) is 0. The number of carbonyl (C=O) groups is 1. The zero-order valence-electron chi connectivity index (χ0n) is 11.2. The van der Waals surface area contributed by atoms with Gasteiger partial charge < -0.3 is 4.90 Å². The van der Waals surface area contributed by atoms with E-state index >= 15 is 0 Å². The Balaban J connectivity index is 1.96. The van der Waals surface area contributed by atoms with Crippen LogP contribution >= 0.6 is 0 Å². The van der Waals surface area contributed by atoms with Crippen LogP contribution in [0.5, 0.6) is 0 Å². The largest absolute Gasteiger partial charge is 0.340 e. The zero-order valence-corrected chi connectivity index (χ0v) is 11.2. The second kappa shape index (κ2) is 5.98. The summed E-state index contributed by atoms with van der Waals surface area (Å²) in [6, 6.07) is 0.291. The molecule has 0 aromatic carbocycles. The summed E-state index contributed by atoms with van der Waals surface area (Å²) >= 11 is 0. The highest BCUT2D eigenvalue weighted by Crippen LogP contribution is 2.22. The van der Waals surface area contributed by atoms with Crippen molar-refractivity contribution in [2.75, 3.05) is 13.1 Å². The maximum Gasteiger partial charge on any atom is 0.225 e. The quantitative estimate of drug-likeness (QED) is 0.819. The van der Waals surface area contributed by atoms with Crippen molar-refractivity contribution in [2.45, 2.75) is 45.6 Å². The predicted molar refractivity (Wildman–Crippen MR) is 68.9 cm³/mol. The molecule has 2 rings (SSSR count). The Kier molecular flexibility index (Phi) is 4.33. The summed E-state index contributed by atoms with van der Waals surface area (Å²) < 4.78 is 1.88. The van der Waals surface area contributed by atoms with Gasteiger partial charge in [0.2, 0.25) is 5.91 Å². The molecule has 1 aromatic heterocycles. The molecule has 5 nitrogen and oxygen atoms in total. The van der Waals surface area contributed by atoms with Crippen molar-refractivity contribution >= 4 is 5.91 Å². The smallest absolute Gasteiger partial charge is 0.225 e. The van der Waals surface area contributed by atoms with Crippen LogP contribution in [0.1, 0.15) is 45.6 Å². The van der Waals surface area contributed by atoms with E-state index in [1.807, 2.05) is 16.5 Å². The fourth-order valence-electron chi connectivity index (χ4n) is 2.64. The Morgan fingerprint density at radius 3 is 3.06 bits per heavy atom. The number of amides is 1. The van der Waals surface area contributed by atoms with Crippen LogP contribution in [-0.4, -0.2) is 38.7 Å². The van der Waals surface area contributed by atoms with Crippen molar-refractivity contribution in [2.24, 2.45) is 5.92 Å².